The monoisotopic (exact) mass is 482 g/mol. The van der Waals surface area contributed by atoms with Gasteiger partial charge in [0.15, 0.2) is 0 Å². The van der Waals surface area contributed by atoms with Gasteiger partial charge in [-0.05, 0) is 59.4 Å². The summed E-state index contributed by atoms with van der Waals surface area (Å²) in [6.45, 7) is 2.42. The minimum atomic E-state index is -0.770. The van der Waals surface area contributed by atoms with Crippen LogP contribution < -0.4 is 9.47 Å². The predicted molar refractivity (Wildman–Crippen MR) is 139 cm³/mol. The molecule has 0 radical (unpaired) electrons. The maximum absolute atomic E-state index is 12.2. The van der Waals surface area contributed by atoms with E-state index in [9.17, 15) is 4.79 Å². The second-order valence-corrected chi connectivity index (χ2v) is 8.32. The van der Waals surface area contributed by atoms with Crippen LogP contribution in [0.25, 0.3) is 0 Å². The molecule has 0 unspecified atom stereocenters. The van der Waals surface area contributed by atoms with Crippen LogP contribution in [0.3, 0.4) is 0 Å². The van der Waals surface area contributed by atoms with E-state index >= 15 is 0 Å². The third kappa shape index (κ3) is 8.69. The second-order valence-electron chi connectivity index (χ2n) is 8.32. The number of carbonyl (C=O) groups is 1. The van der Waals surface area contributed by atoms with Gasteiger partial charge >= 0.3 is 6.16 Å². The Morgan fingerprint density at radius 1 is 0.472 bits per heavy atom. The fraction of sp³-hybridized carbons (Fsp3) is 0.194. The Morgan fingerprint density at radius 3 is 1.25 bits per heavy atom. The molecule has 4 aromatic rings. The summed E-state index contributed by atoms with van der Waals surface area (Å²) in [7, 11) is 0. The highest BCUT2D eigenvalue weighted by Crippen LogP contribution is 2.17. The number of ether oxygens (including phenoxy) is 4. The van der Waals surface area contributed by atoms with Gasteiger partial charge in [-0.2, -0.15) is 0 Å². The van der Waals surface area contributed by atoms with Crippen LogP contribution in [0.1, 0.15) is 22.3 Å². The Hall–Kier alpha value is -3.93. The average molecular weight is 483 g/mol. The molecule has 0 aliphatic heterocycles. The highest BCUT2D eigenvalue weighted by atomic mass is 16.7. The molecule has 5 heteroatoms. The fourth-order valence-electron chi connectivity index (χ4n) is 3.57. The molecule has 0 saturated heterocycles. The van der Waals surface area contributed by atoms with E-state index in [2.05, 4.69) is 0 Å². The van der Waals surface area contributed by atoms with Crippen molar-refractivity contribution >= 4 is 6.16 Å². The van der Waals surface area contributed by atoms with Crippen molar-refractivity contribution in [2.75, 3.05) is 13.2 Å². The summed E-state index contributed by atoms with van der Waals surface area (Å²) in [5.74, 6) is 0.863. The number of carbonyl (C=O) groups excluding carboxylic acids is 1. The smallest absolute Gasteiger partial charge is 0.395 e. The highest BCUT2D eigenvalue weighted by Gasteiger charge is 2.08. The lowest BCUT2D eigenvalue weighted by Crippen LogP contribution is -2.13. The van der Waals surface area contributed by atoms with Crippen LogP contribution in [-0.2, 0) is 35.5 Å². The lowest BCUT2D eigenvalue weighted by Gasteiger charge is -2.08. The van der Waals surface area contributed by atoms with Gasteiger partial charge in [0.25, 0.3) is 0 Å². The van der Waals surface area contributed by atoms with E-state index in [1.54, 1.807) is 24.3 Å². The van der Waals surface area contributed by atoms with E-state index in [-0.39, 0.29) is 0 Å². The molecule has 0 amide bonds. The first-order valence-corrected chi connectivity index (χ1v) is 12.1. The van der Waals surface area contributed by atoms with Crippen molar-refractivity contribution in [2.45, 2.75) is 26.1 Å². The molecular weight excluding hydrogens is 452 g/mol. The molecule has 0 atom stereocenters. The van der Waals surface area contributed by atoms with Crippen molar-refractivity contribution in [3.05, 3.63) is 131 Å². The van der Waals surface area contributed by atoms with Gasteiger partial charge in [0.05, 0.1) is 26.4 Å². The third-order valence-electron chi connectivity index (χ3n) is 5.54. The van der Waals surface area contributed by atoms with Gasteiger partial charge in [0.2, 0.25) is 0 Å². The van der Waals surface area contributed by atoms with Crippen molar-refractivity contribution in [3.63, 3.8) is 0 Å². The Kier molecular flexibility index (Phi) is 9.67. The van der Waals surface area contributed by atoms with Crippen molar-refractivity contribution in [1.82, 2.24) is 0 Å². The summed E-state index contributed by atoms with van der Waals surface area (Å²) in [4.78, 5) is 12.2. The van der Waals surface area contributed by atoms with Gasteiger partial charge in [-0.25, -0.2) is 4.79 Å². The summed E-state index contributed by atoms with van der Waals surface area (Å²) in [5.41, 5.74) is 4.52. The van der Waals surface area contributed by atoms with Crippen molar-refractivity contribution in [2.24, 2.45) is 0 Å². The quantitative estimate of drug-likeness (QED) is 0.127. The Bertz CT molecular complexity index is 1080. The van der Waals surface area contributed by atoms with Crippen molar-refractivity contribution in [3.8, 4) is 11.5 Å². The number of benzene rings is 4. The van der Waals surface area contributed by atoms with Crippen molar-refractivity contribution in [1.29, 1.82) is 0 Å². The number of rotatable bonds is 12. The van der Waals surface area contributed by atoms with Gasteiger partial charge in [0, 0.05) is 0 Å². The Balaban J connectivity index is 1.13. The number of hydrogen-bond acceptors (Lipinski definition) is 5. The molecule has 0 bridgehead atoms. The molecule has 4 aromatic carbocycles. The summed E-state index contributed by atoms with van der Waals surface area (Å²) in [5, 5.41) is 0. The zero-order valence-corrected chi connectivity index (χ0v) is 20.2. The molecule has 0 aliphatic carbocycles. The molecular formula is C31H30O5. The Labute approximate surface area is 212 Å². The zero-order valence-electron chi connectivity index (χ0n) is 20.2. The van der Waals surface area contributed by atoms with Crippen LogP contribution in [0.2, 0.25) is 0 Å². The molecule has 0 saturated carbocycles. The maximum atomic E-state index is 12.2. The second kappa shape index (κ2) is 13.8. The molecule has 0 spiro atoms. The molecule has 5 nitrogen and oxygen atoms in total. The van der Waals surface area contributed by atoms with Gasteiger partial charge in [-0.15, -0.1) is 0 Å². The summed E-state index contributed by atoms with van der Waals surface area (Å²) in [6.07, 6.45) is 0.787. The molecule has 0 heterocycles. The molecule has 0 aliphatic rings. The van der Waals surface area contributed by atoms with Crippen molar-refractivity contribution < 1.29 is 23.7 Å². The number of hydrogen-bond donors (Lipinski definition) is 0. The van der Waals surface area contributed by atoms with E-state index in [0.29, 0.717) is 37.9 Å². The van der Waals surface area contributed by atoms with E-state index < -0.39 is 6.16 Å². The van der Waals surface area contributed by atoms with Crippen LogP contribution in [0.4, 0.5) is 4.79 Å². The lowest BCUT2D eigenvalue weighted by molar-refractivity contribution is 0.124. The van der Waals surface area contributed by atoms with E-state index in [1.807, 2.05) is 84.9 Å². The topological polar surface area (TPSA) is 54.0 Å². The SMILES string of the molecule is O=C(Oc1ccc(CCOCc2ccccc2)cc1)Oc1ccc(CCOCc2ccccc2)cc1. The molecule has 0 N–H and O–H groups in total. The minimum Gasteiger partial charge on any atom is -0.395 e. The molecule has 36 heavy (non-hydrogen) atoms. The predicted octanol–water partition coefficient (Wildman–Crippen LogP) is 6.78. The van der Waals surface area contributed by atoms with E-state index in [4.69, 9.17) is 18.9 Å². The molecule has 4 rings (SSSR count). The lowest BCUT2D eigenvalue weighted by atomic mass is 10.1. The average Bonchev–Trinajstić information content (AvgIpc) is 2.92. The summed E-state index contributed by atoms with van der Waals surface area (Å²) < 4.78 is 22.0. The normalized spacial score (nSPS) is 10.7. The first-order valence-electron chi connectivity index (χ1n) is 12.1. The van der Waals surface area contributed by atoms with E-state index in [0.717, 1.165) is 35.1 Å². The van der Waals surface area contributed by atoms with Crippen LogP contribution in [-0.4, -0.2) is 19.4 Å². The largest absolute Gasteiger partial charge is 0.519 e. The first-order chi connectivity index (χ1) is 17.7. The highest BCUT2D eigenvalue weighted by molar-refractivity contribution is 5.67. The maximum Gasteiger partial charge on any atom is 0.519 e. The minimum absolute atomic E-state index is 0.432. The zero-order chi connectivity index (χ0) is 24.8. The van der Waals surface area contributed by atoms with Gasteiger partial charge in [0.1, 0.15) is 11.5 Å². The first kappa shape index (κ1) is 25.2. The van der Waals surface area contributed by atoms with E-state index in [1.165, 1.54) is 0 Å². The molecule has 0 aromatic heterocycles. The standard InChI is InChI=1S/C31H30O5/c32-31(35-29-15-11-25(12-16-29)19-21-33-23-27-7-3-1-4-8-27)36-30-17-13-26(14-18-30)20-22-34-24-28-9-5-2-6-10-28/h1-18H,19-24H2. The summed E-state index contributed by atoms with van der Waals surface area (Å²) >= 11 is 0. The fourth-order valence-corrected chi connectivity index (χ4v) is 3.57. The summed E-state index contributed by atoms with van der Waals surface area (Å²) in [6, 6.07) is 34.9. The molecule has 0 fully saturated rings. The van der Waals surface area contributed by atoms with Crippen LogP contribution in [0.15, 0.2) is 109 Å². The Morgan fingerprint density at radius 2 is 0.861 bits per heavy atom. The van der Waals surface area contributed by atoms with Gasteiger partial charge < -0.3 is 18.9 Å². The third-order valence-corrected chi connectivity index (χ3v) is 5.54. The van der Waals surface area contributed by atoms with Gasteiger partial charge in [-0.1, -0.05) is 84.9 Å². The molecule has 184 valence electrons. The van der Waals surface area contributed by atoms with Crippen LogP contribution in [0.5, 0.6) is 11.5 Å². The van der Waals surface area contributed by atoms with Crippen LogP contribution in [0, 0.1) is 0 Å². The van der Waals surface area contributed by atoms with Crippen LogP contribution >= 0.6 is 0 Å². The van der Waals surface area contributed by atoms with Gasteiger partial charge in [-0.3, -0.25) is 0 Å².